The molecule has 1 aliphatic heterocycles. The summed E-state index contributed by atoms with van der Waals surface area (Å²) in [6.45, 7) is 9.78. The molecule has 2 rings (SSSR count). The van der Waals surface area contributed by atoms with Crippen LogP contribution in [0.1, 0.15) is 32.3 Å². The maximum atomic E-state index is 12.7. The van der Waals surface area contributed by atoms with Gasteiger partial charge in [-0.05, 0) is 37.6 Å². The molecular weight excluding hydrogens is 300 g/mol. The number of carbonyl (C=O) groups is 1. The molecule has 3 N–H and O–H groups in total. The van der Waals surface area contributed by atoms with Crippen LogP contribution >= 0.6 is 0 Å². The number of nitrogens with one attached hydrogen (secondary N) is 1. The van der Waals surface area contributed by atoms with Crippen molar-refractivity contribution in [2.24, 2.45) is 11.1 Å². The zero-order chi connectivity index (χ0) is 17.6. The smallest absolute Gasteiger partial charge is 0.231 e. The number of likely N-dealkylation sites (N-methyl/N-ethyl adjacent to an activating group) is 1. The fourth-order valence-corrected chi connectivity index (χ4v) is 3.23. The Labute approximate surface area is 146 Å². The fraction of sp³-hybridized carbons (Fsp3) is 0.632. The highest BCUT2D eigenvalue weighted by Crippen LogP contribution is 2.27. The van der Waals surface area contributed by atoms with E-state index >= 15 is 0 Å². The van der Waals surface area contributed by atoms with E-state index in [2.05, 4.69) is 34.3 Å². The number of hydrogen-bond acceptors (Lipinski definition) is 4. The van der Waals surface area contributed by atoms with Crippen molar-refractivity contribution >= 4 is 11.6 Å². The predicted octanol–water partition coefficient (Wildman–Crippen LogP) is 2.14. The van der Waals surface area contributed by atoms with Gasteiger partial charge in [0, 0.05) is 45.0 Å². The zero-order valence-electron chi connectivity index (χ0n) is 15.3. The molecule has 0 aromatic heterocycles. The lowest BCUT2D eigenvalue weighted by Gasteiger charge is -2.32. The second-order valence-electron chi connectivity index (χ2n) is 6.93. The van der Waals surface area contributed by atoms with Crippen LogP contribution in [0.3, 0.4) is 0 Å². The number of rotatable bonds is 7. The summed E-state index contributed by atoms with van der Waals surface area (Å²) >= 11 is 0. The van der Waals surface area contributed by atoms with E-state index in [1.54, 1.807) is 0 Å². The molecule has 0 saturated carbocycles. The Hall–Kier alpha value is -1.43. The first-order chi connectivity index (χ1) is 11.5. The number of amides is 1. The maximum Gasteiger partial charge on any atom is 0.231 e. The van der Waals surface area contributed by atoms with Crippen molar-refractivity contribution in [3.63, 3.8) is 0 Å². The number of hydrogen-bond donors (Lipinski definition) is 2. The van der Waals surface area contributed by atoms with Gasteiger partial charge in [0.05, 0.1) is 5.41 Å². The van der Waals surface area contributed by atoms with E-state index in [4.69, 9.17) is 5.73 Å². The molecule has 0 spiro atoms. The van der Waals surface area contributed by atoms with E-state index in [1.165, 1.54) is 5.56 Å². The average Bonchev–Trinajstić information content (AvgIpc) is 2.59. The summed E-state index contributed by atoms with van der Waals surface area (Å²) in [4.78, 5) is 17.5. The molecule has 0 aliphatic carbocycles. The van der Waals surface area contributed by atoms with Crippen LogP contribution in [0.4, 0.5) is 5.69 Å². The predicted molar refractivity (Wildman–Crippen MR) is 99.9 cm³/mol. The summed E-state index contributed by atoms with van der Waals surface area (Å²) in [5.41, 5.74) is 7.52. The Morgan fingerprint density at radius 3 is 2.46 bits per heavy atom. The normalized spacial score (nSPS) is 17.0. The topological polar surface area (TPSA) is 61.6 Å². The summed E-state index contributed by atoms with van der Waals surface area (Å²) in [7, 11) is 2.17. The van der Waals surface area contributed by atoms with Crippen molar-refractivity contribution in [1.29, 1.82) is 0 Å². The summed E-state index contributed by atoms with van der Waals surface area (Å²) in [5.74, 6) is 0.0340. The molecule has 134 valence electrons. The third-order valence-electron chi connectivity index (χ3n) is 5.41. The van der Waals surface area contributed by atoms with Gasteiger partial charge >= 0.3 is 0 Å². The van der Waals surface area contributed by atoms with Gasteiger partial charge in [-0.1, -0.05) is 26.0 Å². The van der Waals surface area contributed by atoms with E-state index in [1.807, 2.05) is 26.0 Å². The first-order valence-electron chi connectivity index (χ1n) is 9.04. The van der Waals surface area contributed by atoms with E-state index in [0.717, 1.165) is 51.3 Å². The molecule has 1 amide bonds. The Kier molecular flexibility index (Phi) is 6.78. The highest BCUT2D eigenvalue weighted by atomic mass is 16.2. The van der Waals surface area contributed by atoms with Crippen LogP contribution < -0.4 is 11.1 Å². The summed E-state index contributed by atoms with van der Waals surface area (Å²) in [6.07, 6.45) is 1.51. The second kappa shape index (κ2) is 8.60. The molecule has 1 aromatic carbocycles. The molecule has 0 unspecified atom stereocenters. The molecule has 0 radical (unpaired) electrons. The summed E-state index contributed by atoms with van der Waals surface area (Å²) in [6, 6.07) is 8.19. The van der Waals surface area contributed by atoms with Crippen molar-refractivity contribution in [1.82, 2.24) is 9.80 Å². The lowest BCUT2D eigenvalue weighted by Crippen LogP contribution is -2.43. The third kappa shape index (κ3) is 4.56. The standard InChI is InChI=1S/C19H32N4O/c1-4-19(5-2,15-20)18(24)21-17-8-6-7-16(13-17)14-23-11-9-22(3)10-12-23/h6-8,13H,4-5,9-12,14-15,20H2,1-3H3,(H,21,24). The number of benzene rings is 1. The van der Waals surface area contributed by atoms with Crippen LogP contribution in [0.5, 0.6) is 0 Å². The highest BCUT2D eigenvalue weighted by molar-refractivity contribution is 5.95. The maximum absolute atomic E-state index is 12.7. The molecule has 24 heavy (non-hydrogen) atoms. The van der Waals surface area contributed by atoms with Gasteiger partial charge in [-0.3, -0.25) is 9.69 Å². The number of nitrogens with zero attached hydrogens (tertiary/aromatic N) is 2. The number of carbonyl (C=O) groups excluding carboxylic acids is 1. The first kappa shape index (κ1) is 18.9. The van der Waals surface area contributed by atoms with E-state index in [9.17, 15) is 4.79 Å². The largest absolute Gasteiger partial charge is 0.329 e. The molecule has 1 aliphatic rings. The minimum atomic E-state index is -0.465. The molecule has 1 aromatic rings. The van der Waals surface area contributed by atoms with Gasteiger partial charge in [0.15, 0.2) is 0 Å². The van der Waals surface area contributed by atoms with Crippen molar-refractivity contribution in [2.75, 3.05) is 45.1 Å². The van der Waals surface area contributed by atoms with Gasteiger partial charge in [0.1, 0.15) is 0 Å². The number of nitrogens with two attached hydrogens (primary N) is 1. The lowest BCUT2D eigenvalue weighted by molar-refractivity contribution is -0.125. The molecule has 1 heterocycles. The zero-order valence-corrected chi connectivity index (χ0v) is 15.3. The second-order valence-corrected chi connectivity index (χ2v) is 6.93. The fourth-order valence-electron chi connectivity index (χ4n) is 3.23. The first-order valence-corrected chi connectivity index (χ1v) is 9.04. The third-order valence-corrected chi connectivity index (χ3v) is 5.41. The van der Waals surface area contributed by atoms with E-state index in [0.29, 0.717) is 6.54 Å². The Morgan fingerprint density at radius 2 is 1.88 bits per heavy atom. The minimum absolute atomic E-state index is 0.0340. The SMILES string of the molecule is CCC(CC)(CN)C(=O)Nc1cccc(CN2CCN(C)CC2)c1. The molecule has 1 fully saturated rings. The molecular formula is C19H32N4O. The van der Waals surface area contributed by atoms with Gasteiger partial charge in [-0.2, -0.15) is 0 Å². The molecule has 5 nitrogen and oxygen atoms in total. The number of piperazine rings is 1. The van der Waals surface area contributed by atoms with Gasteiger partial charge in [0.2, 0.25) is 5.91 Å². The van der Waals surface area contributed by atoms with Crippen LogP contribution in [0, 0.1) is 5.41 Å². The summed E-state index contributed by atoms with van der Waals surface area (Å²) in [5, 5.41) is 3.07. The van der Waals surface area contributed by atoms with Crippen LogP contribution in [0.25, 0.3) is 0 Å². The van der Waals surface area contributed by atoms with Crippen LogP contribution in [0.15, 0.2) is 24.3 Å². The van der Waals surface area contributed by atoms with Crippen molar-refractivity contribution in [2.45, 2.75) is 33.2 Å². The molecule has 5 heteroatoms. The Balaban J connectivity index is 2.01. The molecule has 0 bridgehead atoms. The van der Waals surface area contributed by atoms with E-state index in [-0.39, 0.29) is 5.91 Å². The highest BCUT2D eigenvalue weighted by Gasteiger charge is 2.33. The van der Waals surface area contributed by atoms with Crippen LogP contribution in [-0.2, 0) is 11.3 Å². The van der Waals surface area contributed by atoms with Crippen LogP contribution in [-0.4, -0.2) is 55.5 Å². The Bertz CT molecular complexity index is 526. The van der Waals surface area contributed by atoms with Crippen molar-refractivity contribution < 1.29 is 4.79 Å². The quantitative estimate of drug-likeness (QED) is 0.803. The van der Waals surface area contributed by atoms with Gasteiger partial charge in [-0.15, -0.1) is 0 Å². The van der Waals surface area contributed by atoms with Gasteiger partial charge < -0.3 is 16.0 Å². The molecule has 0 atom stereocenters. The average molecular weight is 332 g/mol. The van der Waals surface area contributed by atoms with Crippen molar-refractivity contribution in [3.05, 3.63) is 29.8 Å². The van der Waals surface area contributed by atoms with Gasteiger partial charge in [0.25, 0.3) is 0 Å². The Morgan fingerprint density at radius 1 is 1.21 bits per heavy atom. The monoisotopic (exact) mass is 332 g/mol. The van der Waals surface area contributed by atoms with Gasteiger partial charge in [-0.25, -0.2) is 0 Å². The van der Waals surface area contributed by atoms with E-state index < -0.39 is 5.41 Å². The van der Waals surface area contributed by atoms with Crippen LogP contribution in [0.2, 0.25) is 0 Å². The van der Waals surface area contributed by atoms with Crippen molar-refractivity contribution in [3.8, 4) is 0 Å². The number of anilines is 1. The molecule has 1 saturated heterocycles. The minimum Gasteiger partial charge on any atom is -0.329 e. The lowest BCUT2D eigenvalue weighted by atomic mass is 9.81. The summed E-state index contributed by atoms with van der Waals surface area (Å²) < 4.78 is 0.